The molecule has 0 saturated carbocycles. The molecule has 0 atom stereocenters. The average Bonchev–Trinajstić information content (AvgIpc) is 2.41. The van der Waals surface area contributed by atoms with E-state index < -0.39 is 0 Å². The van der Waals surface area contributed by atoms with Gasteiger partial charge in [0.2, 0.25) is 0 Å². The van der Waals surface area contributed by atoms with E-state index in [1.165, 1.54) is 30.7 Å². The number of rotatable bonds is 0. The van der Waals surface area contributed by atoms with E-state index >= 15 is 0 Å². The number of nitrogens with one attached hydrogen (secondary N) is 1. The second-order valence-electron chi connectivity index (χ2n) is 3.65. The van der Waals surface area contributed by atoms with Crippen LogP contribution in [0.2, 0.25) is 0 Å². The SMILES string of the molecule is C1CSCCN1.O=c1ccc2ccccc2o1. The maximum atomic E-state index is 10.7. The highest BCUT2D eigenvalue weighted by atomic mass is 32.2. The first kappa shape index (κ1) is 12.2. The molecule has 0 unspecified atom stereocenters. The van der Waals surface area contributed by atoms with Crippen LogP contribution in [-0.2, 0) is 0 Å². The molecule has 0 spiro atoms. The van der Waals surface area contributed by atoms with Crippen molar-refractivity contribution in [3.63, 3.8) is 0 Å². The van der Waals surface area contributed by atoms with Crippen LogP contribution in [0.15, 0.2) is 45.6 Å². The summed E-state index contributed by atoms with van der Waals surface area (Å²) in [6.45, 7) is 2.43. The molecule has 1 aliphatic heterocycles. The quantitative estimate of drug-likeness (QED) is 0.726. The van der Waals surface area contributed by atoms with Gasteiger partial charge in [0.05, 0.1) is 0 Å². The first-order valence-corrected chi connectivity index (χ1v) is 6.79. The second-order valence-corrected chi connectivity index (χ2v) is 4.88. The average molecular weight is 249 g/mol. The van der Waals surface area contributed by atoms with E-state index in [9.17, 15) is 4.79 Å². The predicted octanol–water partition coefficient (Wildman–Crippen LogP) is 2.12. The van der Waals surface area contributed by atoms with Gasteiger partial charge in [-0.2, -0.15) is 11.8 Å². The van der Waals surface area contributed by atoms with E-state index in [2.05, 4.69) is 5.32 Å². The van der Waals surface area contributed by atoms with Gasteiger partial charge in [-0.1, -0.05) is 18.2 Å². The summed E-state index contributed by atoms with van der Waals surface area (Å²) in [5, 5.41) is 4.21. The van der Waals surface area contributed by atoms with Gasteiger partial charge in [-0.15, -0.1) is 0 Å². The molecule has 3 nitrogen and oxygen atoms in total. The van der Waals surface area contributed by atoms with Gasteiger partial charge in [0.1, 0.15) is 5.58 Å². The Balaban J connectivity index is 0.000000153. The first-order valence-electron chi connectivity index (χ1n) is 5.63. The normalized spacial score (nSPS) is 15.1. The third-order valence-electron chi connectivity index (χ3n) is 2.37. The van der Waals surface area contributed by atoms with Crippen LogP contribution in [0.3, 0.4) is 0 Å². The van der Waals surface area contributed by atoms with Crippen molar-refractivity contribution in [2.45, 2.75) is 0 Å². The third kappa shape index (κ3) is 3.91. The van der Waals surface area contributed by atoms with Crippen molar-refractivity contribution in [1.82, 2.24) is 5.32 Å². The molecule has 1 aromatic carbocycles. The van der Waals surface area contributed by atoms with Gasteiger partial charge in [-0.25, -0.2) is 4.79 Å². The minimum Gasteiger partial charge on any atom is -0.423 e. The van der Waals surface area contributed by atoms with Gasteiger partial charge in [0.15, 0.2) is 0 Å². The highest BCUT2D eigenvalue weighted by Gasteiger charge is 1.94. The fourth-order valence-corrected chi connectivity index (χ4v) is 2.31. The minimum absolute atomic E-state index is 0.302. The lowest BCUT2D eigenvalue weighted by Gasteiger charge is -2.08. The smallest absolute Gasteiger partial charge is 0.336 e. The van der Waals surface area contributed by atoms with E-state index in [-0.39, 0.29) is 5.63 Å². The Morgan fingerprint density at radius 3 is 2.47 bits per heavy atom. The Kier molecular flexibility index (Phi) is 4.64. The lowest BCUT2D eigenvalue weighted by atomic mass is 10.2. The summed E-state index contributed by atoms with van der Waals surface area (Å²) in [5.74, 6) is 2.61. The topological polar surface area (TPSA) is 42.2 Å². The first-order chi connectivity index (χ1) is 8.36. The van der Waals surface area contributed by atoms with E-state index in [0.717, 1.165) is 5.39 Å². The molecule has 0 aliphatic carbocycles. The fourth-order valence-electron chi connectivity index (χ4n) is 1.53. The molecule has 17 heavy (non-hydrogen) atoms. The molecule has 90 valence electrons. The number of fused-ring (bicyclic) bond motifs is 1. The van der Waals surface area contributed by atoms with Crippen LogP contribution in [0.4, 0.5) is 0 Å². The molecule has 0 amide bonds. The number of benzene rings is 1. The molecule has 1 N–H and O–H groups in total. The maximum absolute atomic E-state index is 10.7. The lowest BCUT2D eigenvalue weighted by molar-refractivity contribution is 0.561. The third-order valence-corrected chi connectivity index (χ3v) is 3.36. The Bertz CT molecular complexity index is 508. The van der Waals surface area contributed by atoms with Crippen molar-refractivity contribution in [1.29, 1.82) is 0 Å². The largest absolute Gasteiger partial charge is 0.423 e. The monoisotopic (exact) mass is 249 g/mol. The lowest BCUT2D eigenvalue weighted by Crippen LogP contribution is -2.24. The van der Waals surface area contributed by atoms with Crippen molar-refractivity contribution >= 4 is 22.7 Å². The van der Waals surface area contributed by atoms with Gasteiger partial charge >= 0.3 is 5.63 Å². The Hall–Kier alpha value is -1.26. The van der Waals surface area contributed by atoms with Crippen molar-refractivity contribution in [3.05, 3.63) is 46.8 Å². The van der Waals surface area contributed by atoms with Crippen LogP contribution in [0.5, 0.6) is 0 Å². The van der Waals surface area contributed by atoms with Gasteiger partial charge in [0, 0.05) is 36.0 Å². The molecule has 1 aliphatic rings. The zero-order valence-electron chi connectivity index (χ0n) is 9.52. The van der Waals surface area contributed by atoms with Crippen LogP contribution < -0.4 is 10.9 Å². The van der Waals surface area contributed by atoms with Gasteiger partial charge in [-0.05, 0) is 12.1 Å². The summed E-state index contributed by atoms with van der Waals surface area (Å²) in [7, 11) is 0. The highest BCUT2D eigenvalue weighted by Crippen LogP contribution is 2.08. The zero-order valence-corrected chi connectivity index (χ0v) is 10.3. The molecule has 1 fully saturated rings. The van der Waals surface area contributed by atoms with Crippen LogP contribution >= 0.6 is 11.8 Å². The predicted molar refractivity (Wildman–Crippen MR) is 72.7 cm³/mol. The van der Waals surface area contributed by atoms with E-state index in [0.29, 0.717) is 5.58 Å². The van der Waals surface area contributed by atoms with Crippen molar-refractivity contribution in [3.8, 4) is 0 Å². The summed E-state index contributed by atoms with van der Waals surface area (Å²) in [4.78, 5) is 10.7. The molecular weight excluding hydrogens is 234 g/mol. The van der Waals surface area contributed by atoms with E-state index in [1.807, 2.05) is 30.0 Å². The van der Waals surface area contributed by atoms with Crippen LogP contribution in [0, 0.1) is 0 Å². The summed E-state index contributed by atoms with van der Waals surface area (Å²) < 4.78 is 4.91. The van der Waals surface area contributed by atoms with Crippen LogP contribution in [0.25, 0.3) is 11.0 Å². The number of thioether (sulfide) groups is 1. The Morgan fingerprint density at radius 2 is 1.82 bits per heavy atom. The molecule has 0 radical (unpaired) electrons. The van der Waals surface area contributed by atoms with Gasteiger partial charge in [-0.3, -0.25) is 0 Å². The summed E-state index contributed by atoms with van der Waals surface area (Å²) in [6.07, 6.45) is 0. The van der Waals surface area contributed by atoms with Gasteiger partial charge in [0.25, 0.3) is 0 Å². The summed E-state index contributed by atoms with van der Waals surface area (Å²) in [5.41, 5.74) is 0.337. The highest BCUT2D eigenvalue weighted by molar-refractivity contribution is 7.99. The van der Waals surface area contributed by atoms with Gasteiger partial charge < -0.3 is 9.73 Å². The number of hydrogen-bond acceptors (Lipinski definition) is 4. The standard InChI is InChI=1S/C9H6O2.C4H9NS/c10-9-6-5-7-3-1-2-4-8(7)11-9;1-3-6-4-2-5-1/h1-6H;5H,1-4H2. The molecule has 2 aromatic rings. The van der Waals surface area contributed by atoms with Crippen LogP contribution in [0.1, 0.15) is 0 Å². The van der Waals surface area contributed by atoms with Crippen LogP contribution in [-0.4, -0.2) is 24.6 Å². The van der Waals surface area contributed by atoms with Crippen molar-refractivity contribution in [2.24, 2.45) is 0 Å². The molecule has 1 aromatic heterocycles. The number of hydrogen-bond donors (Lipinski definition) is 1. The molecule has 2 heterocycles. The van der Waals surface area contributed by atoms with Crippen molar-refractivity contribution < 1.29 is 4.42 Å². The van der Waals surface area contributed by atoms with E-state index in [4.69, 9.17) is 4.42 Å². The second kappa shape index (κ2) is 6.47. The number of para-hydroxylation sites is 1. The summed E-state index contributed by atoms with van der Waals surface area (Å²) in [6, 6.07) is 10.6. The fraction of sp³-hybridized carbons (Fsp3) is 0.308. The zero-order chi connectivity index (χ0) is 11.9. The molecule has 0 bridgehead atoms. The van der Waals surface area contributed by atoms with Crippen molar-refractivity contribution in [2.75, 3.05) is 24.6 Å². The minimum atomic E-state index is -0.302. The summed E-state index contributed by atoms with van der Waals surface area (Å²) >= 11 is 2.03. The van der Waals surface area contributed by atoms with E-state index in [1.54, 1.807) is 12.1 Å². The Labute approximate surface area is 104 Å². The molecular formula is C13H15NO2S. The molecule has 3 rings (SSSR count). The molecule has 1 saturated heterocycles. The Morgan fingerprint density at radius 1 is 1.06 bits per heavy atom. The maximum Gasteiger partial charge on any atom is 0.336 e. The molecule has 4 heteroatoms.